The number of unbranched alkanes of at least 4 members (excludes halogenated alkanes) is 3. The topological polar surface area (TPSA) is 143 Å². The Morgan fingerprint density at radius 3 is 2.23 bits per heavy atom. The van der Waals surface area contributed by atoms with E-state index in [1.54, 1.807) is 29.7 Å². The Balaban J connectivity index is 1.44. The highest BCUT2D eigenvalue weighted by molar-refractivity contribution is 5.90. The van der Waals surface area contributed by atoms with E-state index >= 15 is 0 Å². The van der Waals surface area contributed by atoms with Crippen LogP contribution in [0.4, 0.5) is 10.5 Å². The number of hydrogen-bond donors (Lipinski definition) is 4. The van der Waals surface area contributed by atoms with Crippen LogP contribution in [-0.2, 0) is 36.9 Å². The van der Waals surface area contributed by atoms with Crippen molar-refractivity contribution in [3.05, 3.63) is 65.7 Å². The fourth-order valence-electron chi connectivity index (χ4n) is 4.57. The maximum atomic E-state index is 12.9. The van der Waals surface area contributed by atoms with Gasteiger partial charge in [-0.3, -0.25) is 14.8 Å². The first kappa shape index (κ1) is 30.6. The number of anilines is 1. The zero-order chi connectivity index (χ0) is 28.6. The van der Waals surface area contributed by atoms with Gasteiger partial charge in [-0.05, 0) is 61.8 Å². The van der Waals surface area contributed by atoms with Crippen molar-refractivity contribution in [2.75, 3.05) is 5.32 Å². The van der Waals surface area contributed by atoms with Crippen LogP contribution in [-0.4, -0.2) is 41.2 Å². The molecular weight excluding hydrogens is 514 g/mol. The molecule has 0 aromatic heterocycles. The second-order valence-corrected chi connectivity index (χ2v) is 10.0. The van der Waals surface area contributed by atoms with Crippen LogP contribution < -0.4 is 16.1 Å². The molecule has 1 fully saturated rings. The van der Waals surface area contributed by atoms with Crippen molar-refractivity contribution in [3.63, 3.8) is 0 Å². The minimum Gasteiger partial charge on any atom is -0.461 e. The molecule has 3 rings (SSSR count). The lowest BCUT2D eigenvalue weighted by molar-refractivity contribution is -0.151. The molecule has 4 N–H and O–H groups in total. The van der Waals surface area contributed by atoms with Gasteiger partial charge in [0.25, 0.3) is 0 Å². The van der Waals surface area contributed by atoms with Gasteiger partial charge in [0.1, 0.15) is 18.8 Å². The van der Waals surface area contributed by atoms with Crippen molar-refractivity contribution in [2.24, 2.45) is 0 Å². The van der Waals surface area contributed by atoms with Gasteiger partial charge in [0.05, 0.1) is 0 Å². The van der Waals surface area contributed by atoms with Gasteiger partial charge in [-0.25, -0.2) is 15.1 Å². The SMILES string of the molecule is O=C(CCCCCCC(=O)Nc1cccc(COC(=O)N[C@@H](Cc2ccccc2)C(=O)OC2CCCC2)c1)NO. The average molecular weight is 554 g/mol. The Hall–Kier alpha value is -3.92. The predicted molar refractivity (Wildman–Crippen MR) is 148 cm³/mol. The number of rotatable bonds is 15. The Bertz CT molecular complexity index is 1100. The van der Waals surface area contributed by atoms with Gasteiger partial charge >= 0.3 is 12.1 Å². The van der Waals surface area contributed by atoms with Crippen LogP contribution in [0, 0.1) is 0 Å². The van der Waals surface area contributed by atoms with E-state index in [1.807, 2.05) is 30.3 Å². The van der Waals surface area contributed by atoms with Crippen molar-refractivity contribution in [2.45, 2.75) is 89.4 Å². The largest absolute Gasteiger partial charge is 0.461 e. The summed E-state index contributed by atoms with van der Waals surface area (Å²) < 4.78 is 11.0. The number of carbonyl (C=O) groups excluding carboxylic acids is 4. The molecule has 1 aliphatic rings. The second kappa shape index (κ2) is 16.9. The fraction of sp³-hybridized carbons (Fsp3) is 0.467. The Morgan fingerprint density at radius 1 is 0.850 bits per heavy atom. The molecule has 3 amide bonds. The maximum Gasteiger partial charge on any atom is 0.408 e. The van der Waals surface area contributed by atoms with Crippen LogP contribution >= 0.6 is 0 Å². The first-order chi connectivity index (χ1) is 19.4. The molecule has 2 aromatic carbocycles. The van der Waals surface area contributed by atoms with Gasteiger partial charge in [-0.1, -0.05) is 55.3 Å². The van der Waals surface area contributed by atoms with Gasteiger partial charge < -0.3 is 20.1 Å². The summed E-state index contributed by atoms with van der Waals surface area (Å²) in [6.07, 6.45) is 6.73. The molecular formula is C30H39N3O7. The molecule has 0 bridgehead atoms. The van der Waals surface area contributed by atoms with E-state index in [-0.39, 0.29) is 25.0 Å². The molecule has 0 heterocycles. The first-order valence-electron chi connectivity index (χ1n) is 13.9. The summed E-state index contributed by atoms with van der Waals surface area (Å²) in [6, 6.07) is 15.6. The zero-order valence-electron chi connectivity index (χ0n) is 22.7. The summed E-state index contributed by atoms with van der Waals surface area (Å²) in [5, 5.41) is 14.0. The molecule has 216 valence electrons. The van der Waals surface area contributed by atoms with Crippen LogP contribution in [0.3, 0.4) is 0 Å². The fourth-order valence-corrected chi connectivity index (χ4v) is 4.57. The van der Waals surface area contributed by atoms with E-state index in [2.05, 4.69) is 10.6 Å². The number of carbonyl (C=O) groups is 4. The number of alkyl carbamates (subject to hydrolysis) is 1. The van der Waals surface area contributed by atoms with Crippen LogP contribution in [0.2, 0.25) is 0 Å². The summed E-state index contributed by atoms with van der Waals surface area (Å²) in [5.74, 6) is -1.01. The van der Waals surface area contributed by atoms with E-state index in [1.165, 1.54) is 0 Å². The molecule has 1 saturated carbocycles. The molecule has 0 radical (unpaired) electrons. The Morgan fingerprint density at radius 2 is 1.52 bits per heavy atom. The molecule has 0 aliphatic heterocycles. The molecule has 10 nitrogen and oxygen atoms in total. The molecule has 1 atom stereocenters. The quantitative estimate of drug-likeness (QED) is 0.107. The van der Waals surface area contributed by atoms with E-state index in [0.717, 1.165) is 44.1 Å². The summed E-state index contributed by atoms with van der Waals surface area (Å²) in [6.45, 7) is -0.0350. The van der Waals surface area contributed by atoms with Gasteiger partial charge in [-0.2, -0.15) is 0 Å². The highest BCUT2D eigenvalue weighted by atomic mass is 16.6. The van der Waals surface area contributed by atoms with E-state index < -0.39 is 24.0 Å². The van der Waals surface area contributed by atoms with Crippen LogP contribution in [0.5, 0.6) is 0 Å². The molecule has 0 saturated heterocycles. The summed E-state index contributed by atoms with van der Waals surface area (Å²) in [4.78, 5) is 48.8. The molecule has 10 heteroatoms. The Kier molecular flexibility index (Phi) is 12.9. The number of ether oxygens (including phenoxy) is 2. The van der Waals surface area contributed by atoms with Crippen molar-refractivity contribution >= 4 is 29.6 Å². The number of hydroxylamine groups is 1. The van der Waals surface area contributed by atoms with Crippen LogP contribution in [0.1, 0.15) is 75.3 Å². The number of hydrogen-bond acceptors (Lipinski definition) is 7. The van der Waals surface area contributed by atoms with E-state index in [0.29, 0.717) is 36.9 Å². The number of benzene rings is 2. The molecule has 0 spiro atoms. The number of amides is 3. The third-order valence-electron chi connectivity index (χ3n) is 6.71. The predicted octanol–water partition coefficient (Wildman–Crippen LogP) is 4.79. The highest BCUT2D eigenvalue weighted by Crippen LogP contribution is 2.22. The highest BCUT2D eigenvalue weighted by Gasteiger charge is 2.27. The lowest BCUT2D eigenvalue weighted by Gasteiger charge is -2.20. The summed E-state index contributed by atoms with van der Waals surface area (Å²) >= 11 is 0. The van der Waals surface area contributed by atoms with Crippen molar-refractivity contribution < 1.29 is 33.9 Å². The van der Waals surface area contributed by atoms with Crippen LogP contribution in [0.15, 0.2) is 54.6 Å². The monoisotopic (exact) mass is 553 g/mol. The average Bonchev–Trinajstić information content (AvgIpc) is 3.47. The van der Waals surface area contributed by atoms with Gasteiger partial charge in [0, 0.05) is 24.9 Å². The minimum atomic E-state index is -0.868. The Labute approximate surface area is 234 Å². The van der Waals surface area contributed by atoms with Gasteiger partial charge in [0.15, 0.2) is 0 Å². The van der Waals surface area contributed by atoms with Crippen molar-refractivity contribution in [1.82, 2.24) is 10.8 Å². The number of esters is 1. The van der Waals surface area contributed by atoms with Gasteiger partial charge in [-0.15, -0.1) is 0 Å². The maximum absolute atomic E-state index is 12.9. The van der Waals surface area contributed by atoms with Crippen molar-refractivity contribution in [3.8, 4) is 0 Å². The number of nitrogens with one attached hydrogen (secondary N) is 3. The van der Waals surface area contributed by atoms with Gasteiger partial charge in [0.2, 0.25) is 11.8 Å². The lowest BCUT2D eigenvalue weighted by atomic mass is 10.1. The third-order valence-corrected chi connectivity index (χ3v) is 6.71. The zero-order valence-corrected chi connectivity index (χ0v) is 22.7. The van der Waals surface area contributed by atoms with Crippen LogP contribution in [0.25, 0.3) is 0 Å². The molecule has 0 unspecified atom stereocenters. The van der Waals surface area contributed by atoms with E-state index in [9.17, 15) is 19.2 Å². The lowest BCUT2D eigenvalue weighted by Crippen LogP contribution is -2.44. The standard InChI is InChI=1S/C30H39N3O7/c34-27(17-6-1-2-7-18-28(35)33-38)31-24-14-10-13-23(19-24)21-39-30(37)32-26(20-22-11-4-3-5-12-22)29(36)40-25-15-8-9-16-25/h3-5,10-14,19,25-26,38H,1-2,6-9,15-18,20-21H2,(H,31,34)(H,32,37)(H,33,35)/t26-/m0/s1. The first-order valence-corrected chi connectivity index (χ1v) is 13.9. The third kappa shape index (κ3) is 11.4. The molecule has 40 heavy (non-hydrogen) atoms. The summed E-state index contributed by atoms with van der Waals surface area (Å²) in [5.41, 5.74) is 3.77. The van der Waals surface area contributed by atoms with E-state index in [4.69, 9.17) is 14.7 Å². The smallest absolute Gasteiger partial charge is 0.408 e. The normalized spacial score (nSPS) is 13.7. The second-order valence-electron chi connectivity index (χ2n) is 10.0. The summed E-state index contributed by atoms with van der Waals surface area (Å²) in [7, 11) is 0. The molecule has 2 aromatic rings. The minimum absolute atomic E-state index is 0.0350. The molecule has 1 aliphatic carbocycles. The van der Waals surface area contributed by atoms with Crippen molar-refractivity contribution in [1.29, 1.82) is 0 Å².